The first-order valence-electron chi connectivity index (χ1n) is 7.29. The van der Waals surface area contributed by atoms with E-state index in [0.717, 1.165) is 12.0 Å². The summed E-state index contributed by atoms with van der Waals surface area (Å²) < 4.78 is 5.84. The van der Waals surface area contributed by atoms with E-state index in [-0.39, 0.29) is 24.7 Å². The van der Waals surface area contributed by atoms with Crippen molar-refractivity contribution in [1.29, 1.82) is 0 Å². The number of carbonyl (C=O) groups is 1. The summed E-state index contributed by atoms with van der Waals surface area (Å²) in [5, 5.41) is 12.0. The zero-order valence-electron chi connectivity index (χ0n) is 12.3. The summed E-state index contributed by atoms with van der Waals surface area (Å²) in [6.45, 7) is 6.21. The fourth-order valence-corrected chi connectivity index (χ4v) is 2.56. The Morgan fingerprint density at radius 3 is 2.85 bits per heavy atom. The van der Waals surface area contributed by atoms with Crippen molar-refractivity contribution in [3.63, 3.8) is 0 Å². The Morgan fingerprint density at radius 2 is 2.20 bits per heavy atom. The van der Waals surface area contributed by atoms with E-state index >= 15 is 0 Å². The Hall–Kier alpha value is -1.55. The van der Waals surface area contributed by atoms with Crippen LogP contribution in [0, 0.1) is 0 Å². The molecule has 1 aliphatic rings. The Bertz CT molecular complexity index is 487. The molecule has 0 fully saturated rings. The number of fused-ring (bicyclic) bond motifs is 1. The second-order valence-corrected chi connectivity index (χ2v) is 5.43. The minimum Gasteiger partial charge on any atom is -0.489 e. The third kappa shape index (κ3) is 2.80. The minimum absolute atomic E-state index is 0.000365. The number of hydrogen-bond acceptors (Lipinski definition) is 3. The quantitative estimate of drug-likeness (QED) is 0.869. The van der Waals surface area contributed by atoms with Crippen molar-refractivity contribution in [2.24, 2.45) is 0 Å². The van der Waals surface area contributed by atoms with Crippen LogP contribution >= 0.6 is 0 Å². The third-order valence-electron chi connectivity index (χ3n) is 4.09. The maximum Gasteiger partial charge on any atom is 0.255 e. The van der Waals surface area contributed by atoms with Crippen LogP contribution in [0.15, 0.2) is 18.2 Å². The Labute approximate surface area is 120 Å². The van der Waals surface area contributed by atoms with E-state index in [2.05, 4.69) is 12.2 Å². The molecule has 4 nitrogen and oxygen atoms in total. The predicted octanol–water partition coefficient (Wildman–Crippen LogP) is 2.46. The molecule has 0 spiro atoms. The highest BCUT2D eigenvalue weighted by Gasteiger charge is 2.31. The number of rotatable bonds is 5. The van der Waals surface area contributed by atoms with Crippen LogP contribution in [0.2, 0.25) is 0 Å². The van der Waals surface area contributed by atoms with E-state index in [1.807, 2.05) is 26.0 Å². The van der Waals surface area contributed by atoms with E-state index in [9.17, 15) is 4.79 Å². The summed E-state index contributed by atoms with van der Waals surface area (Å²) in [5.74, 6) is 0.893. The number of aliphatic hydroxyl groups is 1. The third-order valence-corrected chi connectivity index (χ3v) is 4.09. The number of hydrogen-bond donors (Lipinski definition) is 2. The highest BCUT2D eigenvalue weighted by atomic mass is 16.5. The fraction of sp³-hybridized carbons (Fsp3) is 0.562. The average Bonchev–Trinajstić information content (AvgIpc) is 2.73. The molecule has 1 aromatic carbocycles. The molecule has 3 unspecified atom stereocenters. The summed E-state index contributed by atoms with van der Waals surface area (Å²) in [6.07, 6.45) is 1.47. The van der Waals surface area contributed by atoms with Gasteiger partial charge in [0.2, 0.25) is 0 Å². The summed E-state index contributed by atoms with van der Waals surface area (Å²) in [5.41, 5.74) is 1.69. The van der Waals surface area contributed by atoms with Gasteiger partial charge in [0.25, 0.3) is 5.91 Å². The zero-order valence-corrected chi connectivity index (χ0v) is 12.3. The number of benzene rings is 1. The van der Waals surface area contributed by atoms with Crippen molar-refractivity contribution in [1.82, 2.24) is 5.32 Å². The van der Waals surface area contributed by atoms with Crippen LogP contribution < -0.4 is 10.1 Å². The van der Waals surface area contributed by atoms with Crippen molar-refractivity contribution >= 4 is 5.91 Å². The molecule has 0 bridgehead atoms. The zero-order chi connectivity index (χ0) is 14.7. The molecule has 1 amide bonds. The van der Waals surface area contributed by atoms with Crippen molar-refractivity contribution in [2.45, 2.75) is 51.7 Å². The maximum absolute atomic E-state index is 12.4. The Kier molecular flexibility index (Phi) is 4.65. The van der Waals surface area contributed by atoms with E-state index < -0.39 is 0 Å². The van der Waals surface area contributed by atoms with Crippen molar-refractivity contribution in [3.8, 4) is 5.75 Å². The van der Waals surface area contributed by atoms with E-state index in [1.165, 1.54) is 0 Å². The molecule has 2 rings (SSSR count). The van der Waals surface area contributed by atoms with Crippen molar-refractivity contribution in [2.75, 3.05) is 6.61 Å². The highest BCUT2D eigenvalue weighted by molar-refractivity contribution is 5.97. The molecular weight excluding hydrogens is 254 g/mol. The SMILES string of the molecule is CCC(CCO)NC(=O)c1cccc2c1OC(C)C2C. The van der Waals surface area contributed by atoms with Crippen molar-refractivity contribution in [3.05, 3.63) is 29.3 Å². The number of aliphatic hydroxyl groups excluding tert-OH is 1. The molecule has 0 aliphatic carbocycles. The number of amides is 1. The Morgan fingerprint density at radius 1 is 1.45 bits per heavy atom. The molecule has 0 radical (unpaired) electrons. The minimum atomic E-state index is -0.122. The lowest BCUT2D eigenvalue weighted by Gasteiger charge is -2.17. The molecule has 0 saturated carbocycles. The number of carbonyl (C=O) groups excluding carboxylic acids is 1. The maximum atomic E-state index is 12.4. The van der Waals surface area contributed by atoms with Crippen LogP contribution in [0.25, 0.3) is 0 Å². The molecule has 110 valence electrons. The first kappa shape index (κ1) is 14.9. The number of ether oxygens (including phenoxy) is 1. The van der Waals surface area contributed by atoms with Crippen LogP contribution in [0.1, 0.15) is 55.5 Å². The largest absolute Gasteiger partial charge is 0.489 e. The van der Waals surface area contributed by atoms with Crippen LogP contribution in [0.3, 0.4) is 0 Å². The van der Waals surface area contributed by atoms with Crippen LogP contribution in [0.5, 0.6) is 5.75 Å². The van der Waals surface area contributed by atoms with Gasteiger partial charge in [-0.15, -0.1) is 0 Å². The normalized spacial score (nSPS) is 22.0. The van der Waals surface area contributed by atoms with Gasteiger partial charge in [0.1, 0.15) is 11.9 Å². The standard InChI is InChI=1S/C16H23NO3/c1-4-12(8-9-18)17-16(19)14-7-5-6-13-10(2)11(3)20-15(13)14/h5-7,10-12,18H,4,8-9H2,1-3H3,(H,17,19). The lowest BCUT2D eigenvalue weighted by molar-refractivity contribution is 0.0924. The van der Waals surface area contributed by atoms with Gasteiger partial charge in [-0.05, 0) is 25.8 Å². The lowest BCUT2D eigenvalue weighted by Crippen LogP contribution is -2.35. The van der Waals surface area contributed by atoms with Crippen molar-refractivity contribution < 1.29 is 14.6 Å². The molecule has 2 N–H and O–H groups in total. The second kappa shape index (κ2) is 6.27. The topological polar surface area (TPSA) is 58.6 Å². The molecule has 1 heterocycles. The first-order valence-corrected chi connectivity index (χ1v) is 7.29. The first-order chi connectivity index (χ1) is 9.58. The van der Waals surface area contributed by atoms with E-state index in [1.54, 1.807) is 6.07 Å². The van der Waals surface area contributed by atoms with Gasteiger partial charge in [-0.25, -0.2) is 0 Å². The number of nitrogens with one attached hydrogen (secondary N) is 1. The molecule has 0 saturated heterocycles. The molecular formula is C16H23NO3. The smallest absolute Gasteiger partial charge is 0.255 e. The summed E-state index contributed by atoms with van der Waals surface area (Å²) in [7, 11) is 0. The van der Waals surface area contributed by atoms with Gasteiger partial charge in [-0.2, -0.15) is 0 Å². The Balaban J connectivity index is 2.20. The predicted molar refractivity (Wildman–Crippen MR) is 78.2 cm³/mol. The fourth-order valence-electron chi connectivity index (χ4n) is 2.56. The molecule has 1 aliphatic heterocycles. The molecule has 0 aromatic heterocycles. The summed E-state index contributed by atoms with van der Waals surface area (Å²) in [6, 6.07) is 5.72. The molecule has 4 heteroatoms. The highest BCUT2D eigenvalue weighted by Crippen LogP contribution is 2.40. The lowest BCUT2D eigenvalue weighted by atomic mass is 9.96. The van der Waals surface area contributed by atoms with Gasteiger partial charge in [0.15, 0.2) is 0 Å². The molecule has 1 aromatic rings. The van der Waals surface area contributed by atoms with E-state index in [4.69, 9.17) is 9.84 Å². The summed E-state index contributed by atoms with van der Waals surface area (Å²) >= 11 is 0. The number of para-hydroxylation sites is 1. The van der Waals surface area contributed by atoms with Gasteiger partial charge >= 0.3 is 0 Å². The van der Waals surface area contributed by atoms with Gasteiger partial charge in [0, 0.05) is 24.1 Å². The second-order valence-electron chi connectivity index (χ2n) is 5.43. The van der Waals surface area contributed by atoms with Gasteiger partial charge in [0.05, 0.1) is 5.56 Å². The molecule has 3 atom stereocenters. The van der Waals surface area contributed by atoms with Gasteiger partial charge < -0.3 is 15.2 Å². The summed E-state index contributed by atoms with van der Waals surface area (Å²) in [4.78, 5) is 12.4. The van der Waals surface area contributed by atoms with Gasteiger partial charge in [-0.1, -0.05) is 26.0 Å². The van der Waals surface area contributed by atoms with Crippen LogP contribution in [-0.2, 0) is 0 Å². The van der Waals surface area contributed by atoms with E-state index in [0.29, 0.717) is 23.7 Å². The molecule has 20 heavy (non-hydrogen) atoms. The monoisotopic (exact) mass is 277 g/mol. The van der Waals surface area contributed by atoms with Crippen LogP contribution in [0.4, 0.5) is 0 Å². The average molecular weight is 277 g/mol. The van der Waals surface area contributed by atoms with Crippen LogP contribution in [-0.4, -0.2) is 29.8 Å². The van der Waals surface area contributed by atoms with Gasteiger partial charge in [-0.3, -0.25) is 4.79 Å².